The second-order valence-electron chi connectivity index (χ2n) is 11.7. The van der Waals surface area contributed by atoms with Gasteiger partial charge >= 0.3 is 0 Å². The molecule has 0 saturated heterocycles. The summed E-state index contributed by atoms with van der Waals surface area (Å²) in [6, 6.07) is 17.0. The van der Waals surface area contributed by atoms with Crippen molar-refractivity contribution in [3.8, 4) is 5.75 Å². The van der Waals surface area contributed by atoms with Crippen LogP contribution in [0.1, 0.15) is 75.5 Å². The van der Waals surface area contributed by atoms with Gasteiger partial charge in [-0.3, -0.25) is 4.79 Å². The zero-order valence-electron chi connectivity index (χ0n) is 20.8. The summed E-state index contributed by atoms with van der Waals surface area (Å²) < 4.78 is 5.79. The molecule has 1 amide bonds. The summed E-state index contributed by atoms with van der Waals surface area (Å²) in [7, 11) is 0. The third-order valence-electron chi connectivity index (χ3n) is 8.43. The van der Waals surface area contributed by atoms with Crippen molar-refractivity contribution in [1.29, 1.82) is 0 Å². The largest absolute Gasteiger partial charge is 0.494 e. The Bertz CT molecular complexity index is 1020. The molecule has 4 heteroatoms. The molecule has 2 unspecified atom stereocenters. The molecular weight excluding hydrogens is 420 g/mol. The van der Waals surface area contributed by atoms with Crippen molar-refractivity contribution in [2.75, 3.05) is 6.61 Å². The Kier molecular flexibility index (Phi) is 6.26. The molecule has 2 aromatic carbocycles. The van der Waals surface area contributed by atoms with Crippen LogP contribution in [0, 0.1) is 30.1 Å². The Morgan fingerprint density at radius 2 is 1.74 bits per heavy atom. The molecule has 180 valence electrons. The lowest BCUT2D eigenvalue weighted by Crippen LogP contribution is -2.58. The van der Waals surface area contributed by atoms with Gasteiger partial charge in [0.05, 0.1) is 18.2 Å². The second-order valence-corrected chi connectivity index (χ2v) is 11.7. The molecule has 4 fully saturated rings. The molecule has 2 atom stereocenters. The lowest BCUT2D eigenvalue weighted by Gasteiger charge is -2.61. The first-order valence-corrected chi connectivity index (χ1v) is 13.0. The fourth-order valence-corrected chi connectivity index (χ4v) is 7.12. The summed E-state index contributed by atoms with van der Waals surface area (Å²) >= 11 is 0. The number of benzene rings is 2. The molecule has 0 aliphatic heterocycles. The van der Waals surface area contributed by atoms with Gasteiger partial charge in [-0.1, -0.05) is 43.7 Å². The molecule has 4 aliphatic rings. The van der Waals surface area contributed by atoms with Crippen molar-refractivity contribution in [3.63, 3.8) is 0 Å². The highest BCUT2D eigenvalue weighted by atomic mass is 16.5. The average molecular weight is 459 g/mol. The second kappa shape index (κ2) is 9.20. The molecule has 6 rings (SSSR count). The summed E-state index contributed by atoms with van der Waals surface area (Å²) in [5.74, 6) is 2.93. The van der Waals surface area contributed by atoms with Crippen LogP contribution in [0.25, 0.3) is 0 Å². The van der Waals surface area contributed by atoms with Crippen LogP contribution in [0.4, 0.5) is 0 Å². The van der Waals surface area contributed by atoms with E-state index in [1.807, 2.05) is 24.3 Å². The highest BCUT2D eigenvalue weighted by Gasteiger charge is 2.60. The Balaban J connectivity index is 1.24. The number of ether oxygens (including phenoxy) is 1. The number of amides is 1. The van der Waals surface area contributed by atoms with E-state index in [0.717, 1.165) is 43.6 Å². The molecule has 0 aromatic heterocycles. The van der Waals surface area contributed by atoms with Gasteiger partial charge < -0.3 is 4.74 Å². The minimum Gasteiger partial charge on any atom is -0.494 e. The van der Waals surface area contributed by atoms with Crippen molar-refractivity contribution in [3.05, 3.63) is 65.2 Å². The van der Waals surface area contributed by atoms with Crippen molar-refractivity contribution >= 4 is 12.1 Å². The van der Waals surface area contributed by atoms with Gasteiger partial charge in [-0.2, -0.15) is 5.10 Å². The van der Waals surface area contributed by atoms with E-state index in [-0.39, 0.29) is 16.7 Å². The lowest BCUT2D eigenvalue weighted by atomic mass is 9.42. The van der Waals surface area contributed by atoms with Crippen LogP contribution in [0.5, 0.6) is 5.75 Å². The number of hydrogen-bond donors (Lipinski definition) is 1. The van der Waals surface area contributed by atoms with E-state index in [4.69, 9.17) is 4.74 Å². The molecule has 2 aromatic rings. The number of nitrogens with one attached hydrogen (secondary N) is 1. The van der Waals surface area contributed by atoms with Crippen molar-refractivity contribution in [2.24, 2.45) is 28.3 Å². The predicted molar refractivity (Wildman–Crippen MR) is 137 cm³/mol. The molecule has 0 spiro atoms. The Morgan fingerprint density at radius 1 is 1.06 bits per heavy atom. The van der Waals surface area contributed by atoms with Crippen molar-refractivity contribution in [1.82, 2.24) is 5.43 Å². The van der Waals surface area contributed by atoms with Crippen LogP contribution in [0.2, 0.25) is 0 Å². The maximum atomic E-state index is 13.5. The van der Waals surface area contributed by atoms with Crippen LogP contribution >= 0.6 is 0 Å². The van der Waals surface area contributed by atoms with Crippen LogP contribution in [0.15, 0.2) is 53.6 Å². The molecule has 4 nitrogen and oxygen atoms in total. The van der Waals surface area contributed by atoms with Gasteiger partial charge in [0.1, 0.15) is 5.75 Å². The van der Waals surface area contributed by atoms with Crippen molar-refractivity contribution < 1.29 is 9.53 Å². The van der Waals surface area contributed by atoms with Crippen LogP contribution in [-0.2, 0) is 10.2 Å². The highest BCUT2D eigenvalue weighted by Crippen LogP contribution is 2.65. The predicted octanol–water partition coefficient (Wildman–Crippen LogP) is 6.41. The maximum absolute atomic E-state index is 13.5. The SMILES string of the molecule is Cc1ccc(C23CC4CC(CC(C(=O)N/N=C/c5ccc(OCCC(C)C)cc5)(C4)C2)C3)cc1. The Hall–Kier alpha value is -2.62. The Labute approximate surface area is 204 Å². The average Bonchev–Trinajstić information content (AvgIpc) is 2.79. The molecule has 4 aliphatic carbocycles. The Morgan fingerprint density at radius 3 is 2.38 bits per heavy atom. The highest BCUT2D eigenvalue weighted by molar-refractivity contribution is 5.86. The van der Waals surface area contributed by atoms with Gasteiger partial charge in [-0.15, -0.1) is 0 Å². The number of hydrogen-bond acceptors (Lipinski definition) is 3. The van der Waals surface area contributed by atoms with Gasteiger partial charge in [0.2, 0.25) is 5.91 Å². The maximum Gasteiger partial charge on any atom is 0.246 e. The monoisotopic (exact) mass is 458 g/mol. The van der Waals surface area contributed by atoms with E-state index in [1.165, 1.54) is 30.4 Å². The lowest BCUT2D eigenvalue weighted by molar-refractivity contribution is -0.149. The van der Waals surface area contributed by atoms with Crippen LogP contribution in [0.3, 0.4) is 0 Å². The molecule has 34 heavy (non-hydrogen) atoms. The number of carbonyl (C=O) groups is 1. The quantitative estimate of drug-likeness (QED) is 0.367. The number of aryl methyl sites for hydroxylation is 1. The van der Waals surface area contributed by atoms with Gasteiger partial charge in [0, 0.05) is 0 Å². The van der Waals surface area contributed by atoms with E-state index in [2.05, 4.69) is 55.6 Å². The number of hydrazone groups is 1. The molecule has 4 bridgehead atoms. The third kappa shape index (κ3) is 4.64. The first-order valence-electron chi connectivity index (χ1n) is 13.0. The summed E-state index contributed by atoms with van der Waals surface area (Å²) in [5.41, 5.74) is 6.49. The topological polar surface area (TPSA) is 50.7 Å². The van der Waals surface area contributed by atoms with Crippen LogP contribution < -0.4 is 10.2 Å². The number of rotatable bonds is 8. The summed E-state index contributed by atoms with van der Waals surface area (Å²) in [5, 5.41) is 4.36. The van der Waals surface area contributed by atoms with Crippen LogP contribution in [-0.4, -0.2) is 18.7 Å². The zero-order valence-corrected chi connectivity index (χ0v) is 20.8. The van der Waals surface area contributed by atoms with Gasteiger partial charge in [0.15, 0.2) is 0 Å². The number of nitrogens with zero attached hydrogens (tertiary/aromatic N) is 1. The molecule has 4 saturated carbocycles. The minimum absolute atomic E-state index is 0.114. The van der Waals surface area contributed by atoms with E-state index in [1.54, 1.807) is 6.21 Å². The van der Waals surface area contributed by atoms with Gasteiger partial charge in [-0.25, -0.2) is 5.43 Å². The first kappa shape index (κ1) is 23.1. The fourth-order valence-electron chi connectivity index (χ4n) is 7.12. The fraction of sp³-hybridized carbons (Fsp3) is 0.533. The zero-order chi connectivity index (χ0) is 23.8. The normalized spacial score (nSPS) is 29.6. The molecular formula is C30H38N2O2. The standard InChI is InChI=1S/C30H38N2O2/c1-21(2)12-13-34-27-10-6-23(7-11-27)19-31-32-28(33)30-17-24-14-25(18-30)16-29(15-24,20-30)26-8-4-22(3)5-9-26/h4-11,19,21,24-25H,12-18,20H2,1-3H3,(H,32,33)/b31-19+. The third-order valence-corrected chi connectivity index (χ3v) is 8.43. The number of carbonyl (C=O) groups excluding carboxylic acids is 1. The summed E-state index contributed by atoms with van der Waals surface area (Å²) in [6.07, 6.45) is 9.53. The molecule has 0 heterocycles. The smallest absolute Gasteiger partial charge is 0.246 e. The van der Waals surface area contributed by atoms with Crippen molar-refractivity contribution in [2.45, 2.75) is 71.1 Å². The van der Waals surface area contributed by atoms with E-state index < -0.39 is 0 Å². The first-order chi connectivity index (χ1) is 16.4. The summed E-state index contributed by atoms with van der Waals surface area (Å²) in [4.78, 5) is 13.5. The summed E-state index contributed by atoms with van der Waals surface area (Å²) in [6.45, 7) is 7.27. The van der Waals surface area contributed by atoms with E-state index >= 15 is 0 Å². The molecule has 1 N–H and O–H groups in total. The van der Waals surface area contributed by atoms with Gasteiger partial charge in [0.25, 0.3) is 0 Å². The van der Waals surface area contributed by atoms with E-state index in [0.29, 0.717) is 17.8 Å². The minimum atomic E-state index is -0.277. The van der Waals surface area contributed by atoms with E-state index in [9.17, 15) is 4.79 Å². The molecule has 0 radical (unpaired) electrons. The van der Waals surface area contributed by atoms with Gasteiger partial charge in [-0.05, 0) is 110 Å².